The summed E-state index contributed by atoms with van der Waals surface area (Å²) in [4.78, 5) is 16.8. The number of nitrogens with zero attached hydrogens (tertiary/aromatic N) is 1. The molecule has 0 aliphatic heterocycles. The first-order valence-electron chi connectivity index (χ1n) is 9.32. The number of aromatic nitrogens is 1. The molecule has 3 aromatic rings. The number of pyridine rings is 1. The maximum atomic E-state index is 12.5. The Hall–Kier alpha value is -3.14. The molecule has 0 aliphatic carbocycles. The van der Waals surface area contributed by atoms with Crippen LogP contribution < -0.4 is 10.6 Å². The lowest BCUT2D eigenvalue weighted by molar-refractivity contribution is 0.0940. The van der Waals surface area contributed by atoms with E-state index in [0.717, 1.165) is 30.8 Å². The highest BCUT2D eigenvalue weighted by Gasteiger charge is 2.11. The van der Waals surface area contributed by atoms with Gasteiger partial charge >= 0.3 is 0 Å². The minimum atomic E-state index is -0.0962. The molecule has 27 heavy (non-hydrogen) atoms. The van der Waals surface area contributed by atoms with E-state index in [9.17, 15) is 4.79 Å². The summed E-state index contributed by atoms with van der Waals surface area (Å²) >= 11 is 0. The zero-order chi connectivity index (χ0) is 18.9. The minimum absolute atomic E-state index is 0.0471. The van der Waals surface area contributed by atoms with Crippen molar-refractivity contribution in [2.24, 2.45) is 0 Å². The highest BCUT2D eigenvalue weighted by molar-refractivity contribution is 5.95. The second-order valence-corrected chi connectivity index (χ2v) is 6.55. The van der Waals surface area contributed by atoms with Crippen molar-refractivity contribution >= 4 is 11.7 Å². The van der Waals surface area contributed by atoms with Crippen molar-refractivity contribution in [1.29, 1.82) is 0 Å². The summed E-state index contributed by atoms with van der Waals surface area (Å²) in [6, 6.07) is 23.8. The fourth-order valence-corrected chi connectivity index (χ4v) is 2.93. The molecule has 0 aliphatic rings. The van der Waals surface area contributed by atoms with Crippen LogP contribution in [0.5, 0.6) is 0 Å². The van der Waals surface area contributed by atoms with Gasteiger partial charge in [-0.3, -0.25) is 4.79 Å². The summed E-state index contributed by atoms with van der Waals surface area (Å²) < 4.78 is 0. The third-order valence-corrected chi connectivity index (χ3v) is 4.46. The van der Waals surface area contributed by atoms with Crippen LogP contribution >= 0.6 is 0 Å². The number of benzene rings is 2. The molecule has 0 radical (unpaired) electrons. The van der Waals surface area contributed by atoms with Crippen LogP contribution in [0, 0.1) is 0 Å². The molecule has 138 valence electrons. The Morgan fingerprint density at radius 1 is 1.00 bits per heavy atom. The fraction of sp³-hybridized carbons (Fsp3) is 0.217. The van der Waals surface area contributed by atoms with Gasteiger partial charge in [-0.25, -0.2) is 4.98 Å². The van der Waals surface area contributed by atoms with E-state index in [1.807, 2.05) is 43.3 Å². The van der Waals surface area contributed by atoms with Crippen LogP contribution in [0.4, 0.5) is 5.82 Å². The molecule has 0 saturated carbocycles. The van der Waals surface area contributed by atoms with Crippen LogP contribution in [0.15, 0.2) is 79.0 Å². The first-order chi connectivity index (χ1) is 13.2. The van der Waals surface area contributed by atoms with E-state index in [1.54, 1.807) is 18.3 Å². The summed E-state index contributed by atoms with van der Waals surface area (Å²) in [5, 5.41) is 6.34. The fourth-order valence-electron chi connectivity index (χ4n) is 2.93. The molecule has 2 aromatic carbocycles. The number of aryl methyl sites for hydroxylation is 1. The van der Waals surface area contributed by atoms with E-state index in [4.69, 9.17) is 0 Å². The average molecular weight is 359 g/mol. The molecule has 1 amide bonds. The van der Waals surface area contributed by atoms with Gasteiger partial charge in [0, 0.05) is 18.3 Å². The molecule has 2 N–H and O–H groups in total. The second-order valence-electron chi connectivity index (χ2n) is 6.55. The van der Waals surface area contributed by atoms with Gasteiger partial charge in [-0.1, -0.05) is 60.7 Å². The van der Waals surface area contributed by atoms with Crippen LogP contribution in [0.25, 0.3) is 0 Å². The number of carbonyl (C=O) groups is 1. The van der Waals surface area contributed by atoms with E-state index in [0.29, 0.717) is 5.56 Å². The third kappa shape index (κ3) is 5.68. The molecule has 1 heterocycles. The first kappa shape index (κ1) is 18.6. The van der Waals surface area contributed by atoms with Gasteiger partial charge in [-0.05, 0) is 43.0 Å². The van der Waals surface area contributed by atoms with Gasteiger partial charge in [0.15, 0.2) is 0 Å². The Kier molecular flexibility index (Phi) is 6.58. The van der Waals surface area contributed by atoms with Crippen molar-refractivity contribution in [1.82, 2.24) is 10.3 Å². The Bertz CT molecular complexity index is 850. The van der Waals surface area contributed by atoms with Gasteiger partial charge in [0.25, 0.3) is 5.91 Å². The highest BCUT2D eigenvalue weighted by Crippen LogP contribution is 2.13. The summed E-state index contributed by atoms with van der Waals surface area (Å²) in [7, 11) is 0. The van der Waals surface area contributed by atoms with E-state index in [2.05, 4.69) is 39.9 Å². The molecular weight excluding hydrogens is 334 g/mol. The number of carbonyl (C=O) groups excluding carboxylic acids is 1. The number of nitrogens with one attached hydrogen (secondary N) is 2. The van der Waals surface area contributed by atoms with Crippen molar-refractivity contribution in [3.05, 3.63) is 95.7 Å². The lowest BCUT2D eigenvalue weighted by Crippen LogP contribution is -2.26. The van der Waals surface area contributed by atoms with Gasteiger partial charge in [0.1, 0.15) is 5.82 Å². The Morgan fingerprint density at radius 2 is 1.70 bits per heavy atom. The van der Waals surface area contributed by atoms with E-state index in [-0.39, 0.29) is 11.9 Å². The highest BCUT2D eigenvalue weighted by atomic mass is 16.1. The molecular formula is C23H25N3O. The quantitative estimate of drug-likeness (QED) is 0.577. The predicted molar refractivity (Wildman–Crippen MR) is 110 cm³/mol. The summed E-state index contributed by atoms with van der Waals surface area (Å²) in [6.45, 7) is 2.80. The molecule has 0 bridgehead atoms. The van der Waals surface area contributed by atoms with Crippen molar-refractivity contribution in [2.75, 3.05) is 11.9 Å². The zero-order valence-corrected chi connectivity index (χ0v) is 15.6. The second kappa shape index (κ2) is 9.53. The van der Waals surface area contributed by atoms with Crippen LogP contribution in [-0.4, -0.2) is 17.4 Å². The third-order valence-electron chi connectivity index (χ3n) is 4.46. The lowest BCUT2D eigenvalue weighted by atomic mass is 10.1. The van der Waals surface area contributed by atoms with Crippen molar-refractivity contribution < 1.29 is 4.79 Å². The number of anilines is 1. The van der Waals surface area contributed by atoms with Gasteiger partial charge in [0.2, 0.25) is 0 Å². The van der Waals surface area contributed by atoms with E-state index >= 15 is 0 Å². The largest absolute Gasteiger partial charge is 0.370 e. The molecule has 0 fully saturated rings. The molecule has 3 rings (SSSR count). The Balaban J connectivity index is 1.51. The Labute approximate surface area is 160 Å². The Morgan fingerprint density at radius 3 is 2.44 bits per heavy atom. The molecule has 4 nitrogen and oxygen atoms in total. The summed E-state index contributed by atoms with van der Waals surface area (Å²) in [5.74, 6) is 0.629. The molecule has 4 heteroatoms. The van der Waals surface area contributed by atoms with Crippen molar-refractivity contribution in [3.8, 4) is 0 Å². The average Bonchev–Trinajstić information content (AvgIpc) is 2.73. The normalized spacial score (nSPS) is 11.6. The number of hydrogen-bond donors (Lipinski definition) is 2. The van der Waals surface area contributed by atoms with Gasteiger partial charge in [-0.2, -0.15) is 0 Å². The van der Waals surface area contributed by atoms with Crippen molar-refractivity contribution in [3.63, 3.8) is 0 Å². The van der Waals surface area contributed by atoms with Crippen LogP contribution in [-0.2, 0) is 6.42 Å². The smallest absolute Gasteiger partial charge is 0.251 e. The summed E-state index contributed by atoms with van der Waals surface area (Å²) in [5.41, 5.74) is 3.02. The van der Waals surface area contributed by atoms with Crippen LogP contribution in [0.2, 0.25) is 0 Å². The minimum Gasteiger partial charge on any atom is -0.370 e. The van der Waals surface area contributed by atoms with Gasteiger partial charge in [0.05, 0.1) is 6.04 Å². The van der Waals surface area contributed by atoms with Crippen molar-refractivity contribution in [2.45, 2.75) is 25.8 Å². The molecule has 0 spiro atoms. The molecule has 0 saturated heterocycles. The van der Waals surface area contributed by atoms with Gasteiger partial charge < -0.3 is 10.6 Å². The monoisotopic (exact) mass is 359 g/mol. The number of amides is 1. The molecule has 1 unspecified atom stereocenters. The van der Waals surface area contributed by atoms with Crippen LogP contribution in [0.3, 0.4) is 0 Å². The zero-order valence-electron chi connectivity index (χ0n) is 15.6. The maximum absolute atomic E-state index is 12.5. The lowest BCUT2D eigenvalue weighted by Gasteiger charge is -2.14. The number of rotatable bonds is 8. The van der Waals surface area contributed by atoms with Crippen LogP contribution in [0.1, 0.15) is 40.9 Å². The standard InChI is InChI=1S/C23H25N3O/c1-18(20-12-6-3-7-13-20)26-23(27)21-14-16-25-22(17-21)24-15-8-11-19-9-4-2-5-10-19/h2-7,9-10,12-14,16-18H,8,11,15H2,1H3,(H,24,25)(H,26,27). The molecule has 1 atom stereocenters. The summed E-state index contributed by atoms with van der Waals surface area (Å²) in [6.07, 6.45) is 3.69. The topological polar surface area (TPSA) is 54.0 Å². The van der Waals surface area contributed by atoms with E-state index in [1.165, 1.54) is 5.56 Å². The van der Waals surface area contributed by atoms with E-state index < -0.39 is 0 Å². The predicted octanol–water partition coefficient (Wildman–Crippen LogP) is 4.62. The number of hydrogen-bond acceptors (Lipinski definition) is 3. The molecule has 1 aromatic heterocycles. The SMILES string of the molecule is CC(NC(=O)c1ccnc(NCCCc2ccccc2)c1)c1ccccc1. The maximum Gasteiger partial charge on any atom is 0.251 e. The first-order valence-corrected chi connectivity index (χ1v) is 9.32. The van der Waals surface area contributed by atoms with Gasteiger partial charge in [-0.15, -0.1) is 0 Å².